The molecule has 0 aliphatic carbocycles. The highest BCUT2D eigenvalue weighted by Gasteiger charge is 2.15. The van der Waals surface area contributed by atoms with Gasteiger partial charge in [0.1, 0.15) is 5.75 Å². The third-order valence-electron chi connectivity index (χ3n) is 3.23. The van der Waals surface area contributed by atoms with E-state index < -0.39 is 6.10 Å². The van der Waals surface area contributed by atoms with Gasteiger partial charge in [-0.1, -0.05) is 6.07 Å². The summed E-state index contributed by atoms with van der Waals surface area (Å²) >= 11 is 1.67. The Bertz CT molecular complexity index is 632. The molecule has 0 fully saturated rings. The van der Waals surface area contributed by atoms with Crippen LogP contribution in [-0.2, 0) is 4.79 Å². The molecule has 0 saturated heterocycles. The minimum Gasteiger partial charge on any atom is -0.481 e. The number of aryl methyl sites for hydroxylation is 2. The second-order valence-electron chi connectivity index (χ2n) is 5.30. The number of carbonyl (C=O) groups excluding carboxylic acids is 1. The van der Waals surface area contributed by atoms with E-state index in [1.807, 2.05) is 56.5 Å². The van der Waals surface area contributed by atoms with E-state index in [1.54, 1.807) is 18.7 Å². The smallest absolute Gasteiger partial charge is 0.265 e. The Morgan fingerprint density at radius 1 is 1.09 bits per heavy atom. The maximum atomic E-state index is 12.2. The van der Waals surface area contributed by atoms with Crippen LogP contribution in [-0.4, -0.2) is 18.3 Å². The van der Waals surface area contributed by atoms with E-state index in [4.69, 9.17) is 4.74 Å². The lowest BCUT2D eigenvalue weighted by Crippen LogP contribution is -2.30. The highest BCUT2D eigenvalue weighted by Crippen LogP contribution is 2.19. The Morgan fingerprint density at radius 3 is 2.23 bits per heavy atom. The fourth-order valence-corrected chi connectivity index (χ4v) is 2.59. The predicted molar refractivity (Wildman–Crippen MR) is 92.9 cm³/mol. The molecule has 0 spiro atoms. The molecule has 1 atom stereocenters. The number of carbonyl (C=O) groups is 1. The normalized spacial score (nSPS) is 11.8. The Balaban J connectivity index is 1.99. The van der Waals surface area contributed by atoms with Crippen molar-refractivity contribution in [1.29, 1.82) is 0 Å². The van der Waals surface area contributed by atoms with Crippen molar-refractivity contribution in [3.05, 3.63) is 53.6 Å². The lowest BCUT2D eigenvalue weighted by atomic mass is 10.1. The molecule has 0 bridgehead atoms. The molecular formula is C18H21NO2S. The van der Waals surface area contributed by atoms with Gasteiger partial charge < -0.3 is 10.1 Å². The van der Waals surface area contributed by atoms with E-state index in [2.05, 4.69) is 11.4 Å². The minimum absolute atomic E-state index is 0.156. The van der Waals surface area contributed by atoms with E-state index >= 15 is 0 Å². The molecular weight excluding hydrogens is 294 g/mol. The Morgan fingerprint density at radius 2 is 1.68 bits per heavy atom. The van der Waals surface area contributed by atoms with Crippen molar-refractivity contribution in [2.45, 2.75) is 31.8 Å². The lowest BCUT2D eigenvalue weighted by Gasteiger charge is -2.15. The summed E-state index contributed by atoms with van der Waals surface area (Å²) in [6.07, 6.45) is 1.47. The molecule has 1 unspecified atom stereocenters. The molecule has 1 N–H and O–H groups in total. The van der Waals surface area contributed by atoms with Crippen LogP contribution in [0.5, 0.6) is 5.75 Å². The van der Waals surface area contributed by atoms with Crippen LogP contribution in [0.3, 0.4) is 0 Å². The van der Waals surface area contributed by atoms with Crippen molar-refractivity contribution in [2.75, 3.05) is 11.6 Å². The molecule has 0 saturated carbocycles. The number of hydrogen-bond donors (Lipinski definition) is 1. The minimum atomic E-state index is -0.554. The first-order valence-electron chi connectivity index (χ1n) is 7.18. The summed E-state index contributed by atoms with van der Waals surface area (Å²) in [7, 11) is 0. The van der Waals surface area contributed by atoms with Crippen molar-refractivity contribution in [1.82, 2.24) is 0 Å². The average molecular weight is 315 g/mol. The van der Waals surface area contributed by atoms with Crippen molar-refractivity contribution < 1.29 is 9.53 Å². The zero-order chi connectivity index (χ0) is 16.1. The van der Waals surface area contributed by atoms with Crippen molar-refractivity contribution in [3.63, 3.8) is 0 Å². The van der Waals surface area contributed by atoms with Crippen LogP contribution >= 0.6 is 11.8 Å². The molecule has 2 aromatic carbocycles. The Hall–Kier alpha value is -1.94. The van der Waals surface area contributed by atoms with E-state index in [1.165, 1.54) is 0 Å². The van der Waals surface area contributed by atoms with Gasteiger partial charge in [-0.15, -0.1) is 11.8 Å². The molecule has 22 heavy (non-hydrogen) atoms. The fraction of sp³-hybridized carbons (Fsp3) is 0.278. The number of hydrogen-bond acceptors (Lipinski definition) is 3. The van der Waals surface area contributed by atoms with Gasteiger partial charge in [0, 0.05) is 10.6 Å². The van der Waals surface area contributed by atoms with Gasteiger partial charge in [-0.2, -0.15) is 0 Å². The molecule has 4 heteroatoms. The molecule has 3 nitrogen and oxygen atoms in total. The topological polar surface area (TPSA) is 38.3 Å². The van der Waals surface area contributed by atoms with Crippen LogP contribution in [0.1, 0.15) is 18.1 Å². The monoisotopic (exact) mass is 315 g/mol. The van der Waals surface area contributed by atoms with Crippen LogP contribution in [0.15, 0.2) is 47.4 Å². The first-order valence-corrected chi connectivity index (χ1v) is 8.40. The zero-order valence-electron chi connectivity index (χ0n) is 13.3. The predicted octanol–water partition coefficient (Wildman–Crippen LogP) is 4.43. The van der Waals surface area contributed by atoms with E-state index in [0.29, 0.717) is 0 Å². The summed E-state index contributed by atoms with van der Waals surface area (Å²) < 4.78 is 5.74. The van der Waals surface area contributed by atoms with E-state index in [9.17, 15) is 4.79 Å². The van der Waals surface area contributed by atoms with Gasteiger partial charge in [-0.05, 0) is 74.6 Å². The number of ether oxygens (including phenoxy) is 1. The molecule has 0 aromatic heterocycles. The first-order chi connectivity index (χ1) is 10.5. The Labute approximate surface area is 136 Å². The van der Waals surface area contributed by atoms with Crippen molar-refractivity contribution in [2.24, 2.45) is 0 Å². The molecule has 1 amide bonds. The Kier molecular flexibility index (Phi) is 5.50. The van der Waals surface area contributed by atoms with Crippen LogP contribution in [0.4, 0.5) is 5.69 Å². The number of benzene rings is 2. The number of rotatable bonds is 5. The third-order valence-corrected chi connectivity index (χ3v) is 3.98. The fourth-order valence-electron chi connectivity index (χ4n) is 2.18. The molecule has 2 rings (SSSR count). The van der Waals surface area contributed by atoms with Crippen LogP contribution in [0.25, 0.3) is 0 Å². The molecule has 0 aliphatic rings. The van der Waals surface area contributed by atoms with Gasteiger partial charge in [0.2, 0.25) is 0 Å². The standard InChI is InChI=1S/C18H21NO2S/c1-12-9-13(2)11-16(10-12)21-14(3)18(20)19-15-5-7-17(22-4)8-6-15/h5-11,14H,1-4H3,(H,19,20). The summed E-state index contributed by atoms with van der Waals surface area (Å²) in [6.45, 7) is 5.78. The maximum absolute atomic E-state index is 12.2. The highest BCUT2D eigenvalue weighted by atomic mass is 32.2. The van der Waals surface area contributed by atoms with E-state index in [-0.39, 0.29) is 5.91 Å². The molecule has 0 aliphatic heterocycles. The molecule has 0 heterocycles. The molecule has 0 radical (unpaired) electrons. The van der Waals surface area contributed by atoms with Crippen LogP contribution in [0.2, 0.25) is 0 Å². The van der Waals surface area contributed by atoms with Crippen molar-refractivity contribution >= 4 is 23.4 Å². The second kappa shape index (κ2) is 7.36. The summed E-state index contributed by atoms with van der Waals surface area (Å²) in [4.78, 5) is 13.4. The number of amides is 1. The van der Waals surface area contributed by atoms with Gasteiger partial charge >= 0.3 is 0 Å². The number of nitrogens with one attached hydrogen (secondary N) is 1. The van der Waals surface area contributed by atoms with Gasteiger partial charge in [0.05, 0.1) is 0 Å². The summed E-state index contributed by atoms with van der Waals surface area (Å²) in [5, 5.41) is 2.87. The number of anilines is 1. The highest BCUT2D eigenvalue weighted by molar-refractivity contribution is 7.98. The first kappa shape index (κ1) is 16.4. The third kappa shape index (κ3) is 4.53. The number of thioether (sulfide) groups is 1. The van der Waals surface area contributed by atoms with Crippen LogP contribution in [0, 0.1) is 13.8 Å². The zero-order valence-corrected chi connectivity index (χ0v) is 14.2. The quantitative estimate of drug-likeness (QED) is 0.829. The molecule has 116 valence electrons. The summed E-state index contributed by atoms with van der Waals surface area (Å²) in [6, 6.07) is 13.7. The maximum Gasteiger partial charge on any atom is 0.265 e. The summed E-state index contributed by atoms with van der Waals surface area (Å²) in [5.41, 5.74) is 3.02. The van der Waals surface area contributed by atoms with Gasteiger partial charge in [-0.25, -0.2) is 0 Å². The average Bonchev–Trinajstić information content (AvgIpc) is 2.46. The van der Waals surface area contributed by atoms with Crippen LogP contribution < -0.4 is 10.1 Å². The SMILES string of the molecule is CSc1ccc(NC(=O)C(C)Oc2cc(C)cc(C)c2)cc1. The second-order valence-corrected chi connectivity index (χ2v) is 6.18. The molecule has 2 aromatic rings. The van der Waals surface area contributed by atoms with Gasteiger partial charge in [0.15, 0.2) is 6.10 Å². The van der Waals surface area contributed by atoms with Crippen molar-refractivity contribution in [3.8, 4) is 5.75 Å². The summed E-state index contributed by atoms with van der Waals surface area (Å²) in [5.74, 6) is 0.564. The van der Waals surface area contributed by atoms with E-state index in [0.717, 1.165) is 27.5 Å². The van der Waals surface area contributed by atoms with Gasteiger partial charge in [-0.3, -0.25) is 4.79 Å². The largest absolute Gasteiger partial charge is 0.481 e. The van der Waals surface area contributed by atoms with Gasteiger partial charge in [0.25, 0.3) is 5.91 Å². The lowest BCUT2D eigenvalue weighted by molar-refractivity contribution is -0.122.